The molecule has 1 N–H and O–H groups in total. The van der Waals surface area contributed by atoms with E-state index < -0.39 is 5.41 Å². The summed E-state index contributed by atoms with van der Waals surface area (Å²) in [6, 6.07) is 6.67. The molecule has 120 valence electrons. The van der Waals surface area contributed by atoms with Gasteiger partial charge in [-0.2, -0.15) is 0 Å². The fourth-order valence-corrected chi connectivity index (χ4v) is 3.08. The molecule has 0 saturated carbocycles. The fraction of sp³-hybridized carbons (Fsp3) is 0.353. The second-order valence-corrected chi connectivity index (χ2v) is 5.91. The van der Waals surface area contributed by atoms with Crippen molar-refractivity contribution >= 4 is 23.5 Å². The molecule has 1 unspecified atom stereocenters. The summed E-state index contributed by atoms with van der Waals surface area (Å²) in [6.07, 6.45) is 2.52. The van der Waals surface area contributed by atoms with Crippen molar-refractivity contribution in [3.63, 3.8) is 0 Å². The van der Waals surface area contributed by atoms with Gasteiger partial charge in [0.2, 0.25) is 5.91 Å². The molecule has 1 atom stereocenters. The average molecular weight is 314 g/mol. The van der Waals surface area contributed by atoms with Crippen molar-refractivity contribution < 1.29 is 19.1 Å². The molecule has 2 aliphatic rings. The molecule has 0 aromatic heterocycles. The molecule has 2 saturated heterocycles. The van der Waals surface area contributed by atoms with Crippen molar-refractivity contribution in [1.29, 1.82) is 0 Å². The SMILES string of the molecule is C=CC(=O)Nc1ccc(C(=O)N2CCC3(CCOC3=O)C2)cc1. The Bertz CT molecular complexity index is 668. The summed E-state index contributed by atoms with van der Waals surface area (Å²) < 4.78 is 5.06. The van der Waals surface area contributed by atoms with Crippen LogP contribution in [0.15, 0.2) is 36.9 Å². The van der Waals surface area contributed by atoms with E-state index in [4.69, 9.17) is 4.74 Å². The number of amides is 2. The van der Waals surface area contributed by atoms with Gasteiger partial charge in [0.05, 0.1) is 12.0 Å². The first kappa shape index (κ1) is 15.3. The van der Waals surface area contributed by atoms with Crippen LogP contribution in [0.4, 0.5) is 5.69 Å². The van der Waals surface area contributed by atoms with E-state index in [2.05, 4.69) is 11.9 Å². The minimum atomic E-state index is -0.506. The van der Waals surface area contributed by atoms with Crippen LogP contribution in [-0.2, 0) is 14.3 Å². The molecule has 2 amide bonds. The van der Waals surface area contributed by atoms with E-state index >= 15 is 0 Å². The van der Waals surface area contributed by atoms with Gasteiger partial charge in [-0.15, -0.1) is 0 Å². The lowest BCUT2D eigenvalue weighted by molar-refractivity contribution is -0.145. The first-order valence-corrected chi connectivity index (χ1v) is 7.54. The minimum absolute atomic E-state index is 0.108. The van der Waals surface area contributed by atoms with Gasteiger partial charge < -0.3 is 15.0 Å². The van der Waals surface area contributed by atoms with Crippen LogP contribution in [0, 0.1) is 5.41 Å². The Kier molecular flexibility index (Phi) is 3.90. The lowest BCUT2D eigenvalue weighted by Crippen LogP contribution is -2.34. The summed E-state index contributed by atoms with van der Waals surface area (Å²) in [5.74, 6) is -0.594. The lowest BCUT2D eigenvalue weighted by atomic mass is 9.86. The number of ether oxygens (including phenoxy) is 1. The number of rotatable bonds is 3. The van der Waals surface area contributed by atoms with E-state index in [1.165, 1.54) is 6.08 Å². The van der Waals surface area contributed by atoms with Crippen LogP contribution in [0.3, 0.4) is 0 Å². The number of hydrogen-bond acceptors (Lipinski definition) is 4. The summed E-state index contributed by atoms with van der Waals surface area (Å²) in [5, 5.41) is 2.63. The molecule has 2 fully saturated rings. The molecule has 1 aromatic carbocycles. The molecule has 0 radical (unpaired) electrons. The quantitative estimate of drug-likeness (QED) is 0.679. The highest BCUT2D eigenvalue weighted by Gasteiger charge is 2.50. The monoisotopic (exact) mass is 314 g/mol. The zero-order chi connectivity index (χ0) is 16.4. The van der Waals surface area contributed by atoms with Gasteiger partial charge in [0.15, 0.2) is 0 Å². The molecule has 0 bridgehead atoms. The predicted octanol–water partition coefficient (Wildman–Crippen LogP) is 1.59. The van der Waals surface area contributed by atoms with Crippen molar-refractivity contribution in [3.8, 4) is 0 Å². The van der Waals surface area contributed by atoms with E-state index in [0.717, 1.165) is 0 Å². The molecule has 0 aliphatic carbocycles. The number of benzene rings is 1. The van der Waals surface area contributed by atoms with Gasteiger partial charge >= 0.3 is 5.97 Å². The molecule has 6 nitrogen and oxygen atoms in total. The van der Waals surface area contributed by atoms with Crippen LogP contribution in [-0.4, -0.2) is 42.4 Å². The topological polar surface area (TPSA) is 75.7 Å². The van der Waals surface area contributed by atoms with Crippen LogP contribution < -0.4 is 5.32 Å². The Morgan fingerprint density at radius 2 is 2.00 bits per heavy atom. The molecular formula is C17H18N2O4. The Hall–Kier alpha value is -2.63. The van der Waals surface area contributed by atoms with Crippen LogP contribution in [0.2, 0.25) is 0 Å². The largest absolute Gasteiger partial charge is 0.465 e. The van der Waals surface area contributed by atoms with E-state index in [1.54, 1.807) is 29.2 Å². The number of likely N-dealkylation sites (tertiary alicyclic amines) is 1. The van der Waals surface area contributed by atoms with Gasteiger partial charge in [0.1, 0.15) is 0 Å². The van der Waals surface area contributed by atoms with Gasteiger partial charge in [0, 0.05) is 24.3 Å². The number of nitrogens with zero attached hydrogens (tertiary/aromatic N) is 1. The number of carbonyl (C=O) groups excluding carboxylic acids is 3. The van der Waals surface area contributed by atoms with Gasteiger partial charge in [-0.05, 0) is 43.2 Å². The smallest absolute Gasteiger partial charge is 0.314 e. The van der Waals surface area contributed by atoms with E-state index in [-0.39, 0.29) is 17.8 Å². The molecule has 1 spiro atoms. The molecule has 2 aliphatic heterocycles. The second-order valence-electron chi connectivity index (χ2n) is 5.91. The van der Waals surface area contributed by atoms with Gasteiger partial charge in [-0.3, -0.25) is 14.4 Å². The number of hydrogen-bond donors (Lipinski definition) is 1. The lowest BCUT2D eigenvalue weighted by Gasteiger charge is -2.20. The van der Waals surface area contributed by atoms with Gasteiger partial charge in [0.25, 0.3) is 5.91 Å². The van der Waals surface area contributed by atoms with Crippen LogP contribution in [0.1, 0.15) is 23.2 Å². The minimum Gasteiger partial charge on any atom is -0.465 e. The number of cyclic esters (lactones) is 1. The Balaban J connectivity index is 1.68. The Labute approximate surface area is 134 Å². The zero-order valence-electron chi connectivity index (χ0n) is 12.7. The first-order valence-electron chi connectivity index (χ1n) is 7.54. The first-order chi connectivity index (χ1) is 11.0. The highest BCUT2D eigenvalue weighted by Crippen LogP contribution is 2.39. The summed E-state index contributed by atoms with van der Waals surface area (Å²) in [4.78, 5) is 37.4. The van der Waals surface area contributed by atoms with Crippen molar-refractivity contribution in [2.45, 2.75) is 12.8 Å². The molecule has 6 heteroatoms. The van der Waals surface area contributed by atoms with Crippen LogP contribution >= 0.6 is 0 Å². The normalized spacial score (nSPS) is 23.0. The van der Waals surface area contributed by atoms with Gasteiger partial charge in [-0.25, -0.2) is 0 Å². The van der Waals surface area contributed by atoms with Gasteiger partial charge in [-0.1, -0.05) is 6.58 Å². The average Bonchev–Trinajstić information content (AvgIpc) is 3.15. The molecular weight excluding hydrogens is 296 g/mol. The Morgan fingerprint density at radius 3 is 2.61 bits per heavy atom. The highest BCUT2D eigenvalue weighted by molar-refractivity contribution is 6.00. The number of esters is 1. The van der Waals surface area contributed by atoms with Crippen molar-refractivity contribution in [3.05, 3.63) is 42.5 Å². The zero-order valence-corrected chi connectivity index (χ0v) is 12.7. The number of carbonyl (C=O) groups is 3. The summed E-state index contributed by atoms with van der Waals surface area (Å²) in [7, 11) is 0. The third-order valence-electron chi connectivity index (χ3n) is 4.47. The van der Waals surface area contributed by atoms with Crippen molar-refractivity contribution in [2.75, 3.05) is 25.0 Å². The third-order valence-corrected chi connectivity index (χ3v) is 4.47. The summed E-state index contributed by atoms with van der Waals surface area (Å²) >= 11 is 0. The third kappa shape index (κ3) is 2.84. The fourth-order valence-electron chi connectivity index (χ4n) is 3.08. The van der Waals surface area contributed by atoms with E-state index in [0.29, 0.717) is 43.8 Å². The maximum atomic E-state index is 12.6. The summed E-state index contributed by atoms with van der Waals surface area (Å²) in [5.41, 5.74) is 0.627. The second kappa shape index (κ2) is 5.87. The standard InChI is InChI=1S/C17H18N2O4/c1-2-14(20)18-13-5-3-12(4-6-13)15(21)19-9-7-17(11-19)8-10-23-16(17)22/h2-6H,1,7-11H2,(H,18,20). The molecule has 23 heavy (non-hydrogen) atoms. The number of nitrogens with one attached hydrogen (secondary N) is 1. The van der Waals surface area contributed by atoms with E-state index in [1.807, 2.05) is 0 Å². The van der Waals surface area contributed by atoms with Crippen molar-refractivity contribution in [2.24, 2.45) is 5.41 Å². The maximum Gasteiger partial charge on any atom is 0.314 e. The van der Waals surface area contributed by atoms with Crippen LogP contribution in [0.5, 0.6) is 0 Å². The van der Waals surface area contributed by atoms with E-state index in [9.17, 15) is 14.4 Å². The van der Waals surface area contributed by atoms with Crippen molar-refractivity contribution in [1.82, 2.24) is 4.90 Å². The highest BCUT2D eigenvalue weighted by atomic mass is 16.5. The molecule has 1 aromatic rings. The number of anilines is 1. The molecule has 3 rings (SSSR count). The predicted molar refractivity (Wildman–Crippen MR) is 83.8 cm³/mol. The Morgan fingerprint density at radius 1 is 1.26 bits per heavy atom. The maximum absolute atomic E-state index is 12.6. The summed E-state index contributed by atoms with van der Waals surface area (Å²) in [6.45, 7) is 4.80. The molecule has 2 heterocycles. The van der Waals surface area contributed by atoms with Crippen LogP contribution in [0.25, 0.3) is 0 Å².